The van der Waals surface area contributed by atoms with Gasteiger partial charge in [0.1, 0.15) is 0 Å². The maximum Gasteiger partial charge on any atom is -0.00569 e. The number of hydrogen-bond donors (Lipinski definition) is 0. The summed E-state index contributed by atoms with van der Waals surface area (Å²) in [4.78, 5) is 0. The highest BCUT2D eigenvalue weighted by Crippen LogP contribution is 2.66. The van der Waals surface area contributed by atoms with Crippen molar-refractivity contribution in [3.05, 3.63) is 11.6 Å². The minimum absolute atomic E-state index is 0.590. The van der Waals surface area contributed by atoms with Crippen LogP contribution in [-0.2, 0) is 0 Å². The fourth-order valence-corrected chi connectivity index (χ4v) is 4.54. The van der Waals surface area contributed by atoms with E-state index in [1.165, 1.54) is 44.9 Å². The molecule has 0 heteroatoms. The van der Waals surface area contributed by atoms with Gasteiger partial charge in [0.15, 0.2) is 0 Å². The lowest BCUT2D eigenvalue weighted by molar-refractivity contribution is 0.0798. The molecule has 0 aromatic carbocycles. The Kier molecular flexibility index (Phi) is 1.70. The van der Waals surface area contributed by atoms with Gasteiger partial charge in [-0.3, -0.25) is 0 Å². The lowest BCUT2D eigenvalue weighted by Crippen LogP contribution is -2.38. The zero-order valence-electron chi connectivity index (χ0n) is 9.60. The van der Waals surface area contributed by atoms with E-state index < -0.39 is 0 Å². The molecule has 14 heavy (non-hydrogen) atoms. The SMILES string of the molecule is C[C@]12CCCCC1=C[C@@H]1CCC[C@@]12C. The van der Waals surface area contributed by atoms with E-state index in [4.69, 9.17) is 0 Å². The van der Waals surface area contributed by atoms with Crippen molar-refractivity contribution in [2.24, 2.45) is 16.7 Å². The summed E-state index contributed by atoms with van der Waals surface area (Å²) in [5.41, 5.74) is 3.06. The van der Waals surface area contributed by atoms with Gasteiger partial charge >= 0.3 is 0 Å². The lowest BCUT2D eigenvalue weighted by atomic mass is 9.58. The summed E-state index contributed by atoms with van der Waals surface area (Å²) in [5.74, 6) is 0.931. The van der Waals surface area contributed by atoms with Crippen molar-refractivity contribution >= 4 is 0 Å². The van der Waals surface area contributed by atoms with E-state index in [2.05, 4.69) is 19.9 Å². The molecule has 0 aromatic heterocycles. The van der Waals surface area contributed by atoms with Crippen LogP contribution in [0, 0.1) is 16.7 Å². The van der Waals surface area contributed by atoms with Gasteiger partial charge in [0.25, 0.3) is 0 Å². The first kappa shape index (κ1) is 9.00. The van der Waals surface area contributed by atoms with Crippen LogP contribution >= 0.6 is 0 Å². The standard InChI is InChI=1S/C14H22/c1-13-8-4-3-6-11(13)10-12-7-5-9-14(12,13)2/h10,12H,3-9H2,1-2H3/t12-,13-,14-/m0/s1. The first-order valence-corrected chi connectivity index (χ1v) is 6.38. The van der Waals surface area contributed by atoms with Gasteiger partial charge < -0.3 is 0 Å². The van der Waals surface area contributed by atoms with E-state index in [-0.39, 0.29) is 0 Å². The molecule has 3 aliphatic rings. The highest BCUT2D eigenvalue weighted by Gasteiger charge is 2.56. The average Bonchev–Trinajstić information content (AvgIpc) is 2.61. The third-order valence-electron chi connectivity index (χ3n) is 5.77. The Bertz CT molecular complexity index is 288. The second-order valence-electron chi connectivity index (χ2n) is 6.15. The average molecular weight is 190 g/mol. The molecule has 0 heterocycles. The fraction of sp³-hybridized carbons (Fsp3) is 0.857. The second-order valence-corrected chi connectivity index (χ2v) is 6.15. The zero-order chi connectivity index (χ0) is 9.81. The number of allylic oxidation sites excluding steroid dienone is 2. The molecule has 2 saturated carbocycles. The Morgan fingerprint density at radius 3 is 2.86 bits per heavy atom. The number of rotatable bonds is 0. The van der Waals surface area contributed by atoms with Crippen LogP contribution in [0.5, 0.6) is 0 Å². The molecule has 3 rings (SSSR count). The Morgan fingerprint density at radius 1 is 1.14 bits per heavy atom. The van der Waals surface area contributed by atoms with Crippen LogP contribution < -0.4 is 0 Å². The summed E-state index contributed by atoms with van der Waals surface area (Å²) in [6.07, 6.45) is 12.9. The van der Waals surface area contributed by atoms with Crippen LogP contribution in [0.25, 0.3) is 0 Å². The molecule has 3 atom stereocenters. The summed E-state index contributed by atoms with van der Waals surface area (Å²) < 4.78 is 0. The normalized spacial score (nSPS) is 51.3. The zero-order valence-corrected chi connectivity index (χ0v) is 9.60. The van der Waals surface area contributed by atoms with Gasteiger partial charge in [-0.05, 0) is 48.9 Å². The van der Waals surface area contributed by atoms with Gasteiger partial charge in [-0.1, -0.05) is 38.3 Å². The van der Waals surface area contributed by atoms with E-state index >= 15 is 0 Å². The van der Waals surface area contributed by atoms with E-state index in [9.17, 15) is 0 Å². The minimum Gasteiger partial charge on any atom is -0.0811 e. The third-order valence-corrected chi connectivity index (χ3v) is 5.77. The van der Waals surface area contributed by atoms with E-state index in [0.717, 1.165) is 5.92 Å². The molecular weight excluding hydrogens is 168 g/mol. The summed E-state index contributed by atoms with van der Waals surface area (Å²) in [7, 11) is 0. The van der Waals surface area contributed by atoms with Gasteiger partial charge in [0.2, 0.25) is 0 Å². The Labute approximate surface area is 87.8 Å². The molecule has 3 aliphatic carbocycles. The van der Waals surface area contributed by atoms with Crippen LogP contribution in [0.15, 0.2) is 11.6 Å². The third kappa shape index (κ3) is 0.857. The summed E-state index contributed by atoms with van der Waals surface area (Å²) in [6.45, 7) is 5.13. The second kappa shape index (κ2) is 2.65. The molecule has 2 fully saturated rings. The Balaban J connectivity index is 2.05. The molecule has 0 spiro atoms. The van der Waals surface area contributed by atoms with Crippen molar-refractivity contribution in [1.82, 2.24) is 0 Å². The molecule has 0 radical (unpaired) electrons. The number of fused-ring (bicyclic) bond motifs is 3. The Morgan fingerprint density at radius 2 is 2.00 bits per heavy atom. The quantitative estimate of drug-likeness (QED) is 0.499. The van der Waals surface area contributed by atoms with Crippen molar-refractivity contribution in [3.63, 3.8) is 0 Å². The molecular formula is C14H22. The van der Waals surface area contributed by atoms with Gasteiger partial charge in [-0.25, -0.2) is 0 Å². The molecule has 0 unspecified atom stereocenters. The predicted octanol–water partition coefficient (Wildman–Crippen LogP) is 4.31. The fourth-order valence-electron chi connectivity index (χ4n) is 4.54. The summed E-state index contributed by atoms with van der Waals surface area (Å²) in [6, 6.07) is 0. The maximum absolute atomic E-state index is 2.67. The highest BCUT2D eigenvalue weighted by molar-refractivity contribution is 5.31. The summed E-state index contributed by atoms with van der Waals surface area (Å²) in [5, 5.41) is 0. The lowest BCUT2D eigenvalue weighted by Gasteiger charge is -2.46. The van der Waals surface area contributed by atoms with E-state index in [1.54, 1.807) is 0 Å². The monoisotopic (exact) mass is 190 g/mol. The largest absolute Gasteiger partial charge is 0.0811 e. The molecule has 0 nitrogen and oxygen atoms in total. The topological polar surface area (TPSA) is 0 Å². The van der Waals surface area contributed by atoms with Crippen LogP contribution in [0.4, 0.5) is 0 Å². The van der Waals surface area contributed by atoms with Crippen LogP contribution in [-0.4, -0.2) is 0 Å². The number of hydrogen-bond acceptors (Lipinski definition) is 0. The molecule has 0 amide bonds. The van der Waals surface area contributed by atoms with Crippen molar-refractivity contribution < 1.29 is 0 Å². The van der Waals surface area contributed by atoms with E-state index in [1.807, 2.05) is 5.57 Å². The maximum atomic E-state index is 2.67. The van der Waals surface area contributed by atoms with Crippen molar-refractivity contribution in [2.75, 3.05) is 0 Å². The molecule has 0 saturated heterocycles. The molecule has 0 N–H and O–H groups in total. The van der Waals surface area contributed by atoms with Crippen LogP contribution in [0.2, 0.25) is 0 Å². The molecule has 0 aromatic rings. The van der Waals surface area contributed by atoms with Gasteiger partial charge in [0, 0.05) is 0 Å². The van der Waals surface area contributed by atoms with Gasteiger partial charge in [-0.15, -0.1) is 0 Å². The predicted molar refractivity (Wildman–Crippen MR) is 60.1 cm³/mol. The highest BCUT2D eigenvalue weighted by atomic mass is 14.6. The molecule has 0 aliphatic heterocycles. The van der Waals surface area contributed by atoms with Crippen LogP contribution in [0.1, 0.15) is 58.8 Å². The van der Waals surface area contributed by atoms with Crippen molar-refractivity contribution in [3.8, 4) is 0 Å². The minimum atomic E-state index is 0.590. The first-order valence-electron chi connectivity index (χ1n) is 6.38. The Hall–Kier alpha value is -0.260. The first-order chi connectivity index (χ1) is 6.67. The van der Waals surface area contributed by atoms with E-state index in [0.29, 0.717) is 10.8 Å². The molecule has 0 bridgehead atoms. The smallest absolute Gasteiger partial charge is 0.00569 e. The van der Waals surface area contributed by atoms with Crippen LogP contribution in [0.3, 0.4) is 0 Å². The van der Waals surface area contributed by atoms with Crippen molar-refractivity contribution in [2.45, 2.75) is 58.8 Å². The van der Waals surface area contributed by atoms with Gasteiger partial charge in [-0.2, -0.15) is 0 Å². The van der Waals surface area contributed by atoms with Gasteiger partial charge in [0.05, 0.1) is 0 Å². The molecule has 78 valence electrons. The summed E-state index contributed by atoms with van der Waals surface area (Å²) >= 11 is 0. The van der Waals surface area contributed by atoms with Crippen molar-refractivity contribution in [1.29, 1.82) is 0 Å².